The highest BCUT2D eigenvalue weighted by atomic mass is 16.2. The van der Waals surface area contributed by atoms with Crippen LogP contribution in [0.25, 0.3) is 0 Å². The Morgan fingerprint density at radius 3 is 2.37 bits per heavy atom. The third-order valence-electron chi connectivity index (χ3n) is 4.87. The van der Waals surface area contributed by atoms with Crippen molar-refractivity contribution in [2.75, 3.05) is 27.2 Å². The van der Waals surface area contributed by atoms with E-state index in [0.717, 1.165) is 29.1 Å². The summed E-state index contributed by atoms with van der Waals surface area (Å²) in [5, 5.41) is 13.4. The number of carbonyl (C=O) groups excluding carboxylic acids is 1. The number of aromatic nitrogens is 2. The number of carbonyl (C=O) groups is 1. The maximum atomic E-state index is 12.9. The van der Waals surface area contributed by atoms with Crippen molar-refractivity contribution in [3.05, 3.63) is 52.3 Å². The molecule has 1 aromatic carbocycles. The van der Waals surface area contributed by atoms with Crippen molar-refractivity contribution in [1.82, 2.24) is 19.6 Å². The molecule has 0 bridgehead atoms. The van der Waals surface area contributed by atoms with E-state index >= 15 is 0 Å². The van der Waals surface area contributed by atoms with E-state index in [0.29, 0.717) is 31.5 Å². The first kappa shape index (κ1) is 20.7. The summed E-state index contributed by atoms with van der Waals surface area (Å²) in [7, 11) is 5.95. The summed E-state index contributed by atoms with van der Waals surface area (Å²) in [5.74, 6) is 0.142. The van der Waals surface area contributed by atoms with E-state index in [4.69, 9.17) is 5.26 Å². The largest absolute Gasteiger partial charge is 0.337 e. The lowest BCUT2D eigenvalue weighted by molar-refractivity contribution is -0.131. The van der Waals surface area contributed by atoms with Crippen molar-refractivity contribution in [3.8, 4) is 6.07 Å². The van der Waals surface area contributed by atoms with Gasteiger partial charge in [0.15, 0.2) is 0 Å². The number of nitrogens with zero attached hydrogens (tertiary/aromatic N) is 5. The molecule has 0 aliphatic rings. The normalized spacial score (nSPS) is 10.9. The predicted molar refractivity (Wildman–Crippen MR) is 106 cm³/mol. The van der Waals surface area contributed by atoms with Crippen molar-refractivity contribution in [2.45, 2.75) is 33.2 Å². The first-order valence-electron chi connectivity index (χ1n) is 9.22. The number of aryl methyl sites for hydroxylation is 2. The van der Waals surface area contributed by atoms with Gasteiger partial charge in [-0.25, -0.2) is 0 Å². The van der Waals surface area contributed by atoms with Gasteiger partial charge >= 0.3 is 0 Å². The molecule has 1 amide bonds. The van der Waals surface area contributed by atoms with Crippen LogP contribution in [-0.2, 0) is 24.8 Å². The molecule has 0 saturated carbocycles. The molecule has 0 N–H and O–H groups in total. The van der Waals surface area contributed by atoms with Crippen molar-refractivity contribution in [3.63, 3.8) is 0 Å². The fourth-order valence-corrected chi connectivity index (χ4v) is 3.09. The van der Waals surface area contributed by atoms with Crippen LogP contribution in [-0.4, -0.2) is 52.7 Å². The van der Waals surface area contributed by atoms with Gasteiger partial charge in [-0.3, -0.25) is 9.48 Å². The van der Waals surface area contributed by atoms with Crippen LogP contribution in [0.3, 0.4) is 0 Å². The first-order valence-corrected chi connectivity index (χ1v) is 9.22. The van der Waals surface area contributed by atoms with Crippen LogP contribution in [0.15, 0.2) is 24.3 Å². The molecule has 0 fully saturated rings. The molecule has 1 aromatic heterocycles. The van der Waals surface area contributed by atoms with E-state index in [2.05, 4.69) is 16.1 Å². The molecule has 0 radical (unpaired) electrons. The first-order chi connectivity index (χ1) is 12.8. The van der Waals surface area contributed by atoms with Gasteiger partial charge in [0.05, 0.1) is 17.3 Å². The van der Waals surface area contributed by atoms with Crippen LogP contribution in [0.2, 0.25) is 0 Å². The zero-order chi connectivity index (χ0) is 20.0. The zero-order valence-corrected chi connectivity index (χ0v) is 17.0. The highest BCUT2D eigenvalue weighted by Gasteiger charge is 2.17. The van der Waals surface area contributed by atoms with Crippen molar-refractivity contribution >= 4 is 5.91 Å². The lowest BCUT2D eigenvalue weighted by Crippen LogP contribution is -2.36. The molecule has 6 nitrogen and oxygen atoms in total. The van der Waals surface area contributed by atoms with Crippen LogP contribution in [0, 0.1) is 25.2 Å². The van der Waals surface area contributed by atoms with Crippen LogP contribution >= 0.6 is 0 Å². The Labute approximate surface area is 162 Å². The molecule has 27 heavy (non-hydrogen) atoms. The summed E-state index contributed by atoms with van der Waals surface area (Å²) in [5.41, 5.74) is 4.95. The smallest absolute Gasteiger partial charge is 0.223 e. The van der Waals surface area contributed by atoms with E-state index in [1.807, 2.05) is 56.7 Å². The number of rotatable bonds is 8. The van der Waals surface area contributed by atoms with Gasteiger partial charge in [-0.15, -0.1) is 0 Å². The number of hydrogen-bond donors (Lipinski definition) is 0. The second-order valence-corrected chi connectivity index (χ2v) is 7.20. The molecule has 0 aliphatic heterocycles. The minimum Gasteiger partial charge on any atom is -0.337 e. The Bertz CT molecular complexity index is 814. The van der Waals surface area contributed by atoms with Gasteiger partial charge in [-0.05, 0) is 57.6 Å². The maximum absolute atomic E-state index is 12.9. The Hall–Kier alpha value is -2.65. The number of nitriles is 1. The van der Waals surface area contributed by atoms with Gasteiger partial charge in [0, 0.05) is 38.8 Å². The average Bonchev–Trinajstić information content (AvgIpc) is 2.88. The molecule has 0 atom stereocenters. The summed E-state index contributed by atoms with van der Waals surface area (Å²) < 4.78 is 1.87. The van der Waals surface area contributed by atoms with Gasteiger partial charge in [0.2, 0.25) is 5.91 Å². The lowest BCUT2D eigenvalue weighted by atomic mass is 10.1. The topological polar surface area (TPSA) is 65.2 Å². The molecule has 0 aliphatic carbocycles. The third kappa shape index (κ3) is 5.66. The standard InChI is InChI=1S/C21H29N5O/c1-16-20(17(2)25(5)23-16)10-11-21(27)26(13-12-24(3)4)15-19-8-6-18(14-22)7-9-19/h6-9H,10-13,15H2,1-5H3. The summed E-state index contributed by atoms with van der Waals surface area (Å²) in [6, 6.07) is 9.56. The summed E-state index contributed by atoms with van der Waals surface area (Å²) in [4.78, 5) is 16.9. The Morgan fingerprint density at radius 2 is 1.85 bits per heavy atom. The number of benzene rings is 1. The quantitative estimate of drug-likeness (QED) is 0.719. The molecule has 0 saturated heterocycles. The molecule has 2 aromatic rings. The number of amides is 1. The fourth-order valence-electron chi connectivity index (χ4n) is 3.09. The minimum absolute atomic E-state index is 0.142. The second kappa shape index (κ2) is 9.33. The van der Waals surface area contributed by atoms with Crippen LogP contribution in [0.5, 0.6) is 0 Å². The molecular weight excluding hydrogens is 338 g/mol. The highest BCUT2D eigenvalue weighted by Crippen LogP contribution is 2.16. The fraction of sp³-hybridized carbons (Fsp3) is 0.476. The van der Waals surface area contributed by atoms with Crippen molar-refractivity contribution in [2.24, 2.45) is 7.05 Å². The lowest BCUT2D eigenvalue weighted by Gasteiger charge is -2.25. The van der Waals surface area contributed by atoms with E-state index in [1.54, 1.807) is 12.1 Å². The Balaban J connectivity index is 2.07. The van der Waals surface area contributed by atoms with Gasteiger partial charge in [-0.2, -0.15) is 10.4 Å². The number of likely N-dealkylation sites (N-methyl/N-ethyl adjacent to an activating group) is 1. The summed E-state index contributed by atoms with van der Waals surface area (Å²) >= 11 is 0. The zero-order valence-electron chi connectivity index (χ0n) is 17.0. The monoisotopic (exact) mass is 367 g/mol. The third-order valence-corrected chi connectivity index (χ3v) is 4.87. The highest BCUT2D eigenvalue weighted by molar-refractivity contribution is 5.76. The van der Waals surface area contributed by atoms with Crippen LogP contribution in [0.4, 0.5) is 0 Å². The van der Waals surface area contributed by atoms with Gasteiger partial charge < -0.3 is 9.80 Å². The SMILES string of the molecule is Cc1nn(C)c(C)c1CCC(=O)N(CCN(C)C)Cc1ccc(C#N)cc1. The summed E-state index contributed by atoms with van der Waals surface area (Å²) in [6.07, 6.45) is 1.17. The summed E-state index contributed by atoms with van der Waals surface area (Å²) in [6.45, 7) is 6.08. The molecule has 6 heteroatoms. The molecule has 0 unspecified atom stereocenters. The maximum Gasteiger partial charge on any atom is 0.223 e. The van der Waals surface area contributed by atoms with Crippen molar-refractivity contribution < 1.29 is 4.79 Å². The van der Waals surface area contributed by atoms with Crippen molar-refractivity contribution in [1.29, 1.82) is 5.26 Å². The van der Waals surface area contributed by atoms with Gasteiger partial charge in [-0.1, -0.05) is 12.1 Å². The molecule has 144 valence electrons. The Kier molecular flexibility index (Phi) is 7.14. The van der Waals surface area contributed by atoms with E-state index in [1.165, 1.54) is 0 Å². The predicted octanol–water partition coefficient (Wildman–Crippen LogP) is 2.43. The average molecular weight is 367 g/mol. The van der Waals surface area contributed by atoms with E-state index < -0.39 is 0 Å². The van der Waals surface area contributed by atoms with Gasteiger partial charge in [0.1, 0.15) is 0 Å². The second-order valence-electron chi connectivity index (χ2n) is 7.20. The van der Waals surface area contributed by atoms with Gasteiger partial charge in [0.25, 0.3) is 0 Å². The molecule has 1 heterocycles. The van der Waals surface area contributed by atoms with Crippen LogP contribution in [0.1, 0.15) is 34.5 Å². The molecule has 2 rings (SSSR count). The Morgan fingerprint density at radius 1 is 1.19 bits per heavy atom. The minimum atomic E-state index is 0.142. The van der Waals surface area contributed by atoms with Crippen LogP contribution < -0.4 is 0 Å². The molecule has 0 spiro atoms. The number of hydrogen-bond acceptors (Lipinski definition) is 4. The van der Waals surface area contributed by atoms with E-state index in [9.17, 15) is 4.79 Å². The molecular formula is C21H29N5O. The van der Waals surface area contributed by atoms with E-state index in [-0.39, 0.29) is 5.91 Å².